The van der Waals surface area contributed by atoms with Crippen LogP contribution in [0.4, 0.5) is 20.6 Å². The number of urea groups is 1. The number of hydrogen-bond acceptors (Lipinski definition) is 3. The Morgan fingerprint density at radius 2 is 2.07 bits per heavy atom. The number of anilines is 2. The molecule has 0 aliphatic carbocycles. The SMILES string of the molecule is [C-]#[N+]C1CN(c2ccc(C#N)c(F)c2)C(=O)N1c1cncc2ccccc12. The van der Waals surface area contributed by atoms with Gasteiger partial charge in [0.25, 0.3) is 0 Å². The lowest BCUT2D eigenvalue weighted by Crippen LogP contribution is -2.34. The van der Waals surface area contributed by atoms with Crippen molar-refractivity contribution in [3.05, 3.63) is 77.7 Å². The zero-order valence-electron chi connectivity index (χ0n) is 14.0. The van der Waals surface area contributed by atoms with Gasteiger partial charge < -0.3 is 0 Å². The highest BCUT2D eigenvalue weighted by molar-refractivity contribution is 6.11. The number of amides is 2. The van der Waals surface area contributed by atoms with E-state index in [-0.39, 0.29) is 12.1 Å². The second-order valence-electron chi connectivity index (χ2n) is 6.03. The summed E-state index contributed by atoms with van der Waals surface area (Å²) in [4.78, 5) is 23.6. The van der Waals surface area contributed by atoms with Gasteiger partial charge in [-0.2, -0.15) is 5.26 Å². The molecule has 1 aliphatic heterocycles. The first-order valence-electron chi connectivity index (χ1n) is 8.13. The molecule has 0 N–H and O–H groups in total. The molecule has 1 fully saturated rings. The number of rotatable bonds is 2. The average Bonchev–Trinajstić information content (AvgIpc) is 3.03. The Kier molecular flexibility index (Phi) is 3.91. The largest absolute Gasteiger partial charge is 0.335 e. The summed E-state index contributed by atoms with van der Waals surface area (Å²) in [5.74, 6) is -0.701. The van der Waals surface area contributed by atoms with Crippen LogP contribution in [-0.2, 0) is 0 Å². The lowest BCUT2D eigenvalue weighted by molar-refractivity contribution is 0.255. The van der Waals surface area contributed by atoms with Gasteiger partial charge in [-0.05, 0) is 18.2 Å². The molecule has 7 heteroatoms. The minimum Gasteiger partial charge on any atom is -0.287 e. The monoisotopic (exact) mass is 357 g/mol. The summed E-state index contributed by atoms with van der Waals surface area (Å²) in [7, 11) is 0. The van der Waals surface area contributed by atoms with Crippen molar-refractivity contribution in [3.8, 4) is 6.07 Å². The van der Waals surface area contributed by atoms with Gasteiger partial charge in [0.15, 0.2) is 0 Å². The third-order valence-corrected chi connectivity index (χ3v) is 4.52. The Morgan fingerprint density at radius 3 is 2.81 bits per heavy atom. The van der Waals surface area contributed by atoms with Gasteiger partial charge in [0.2, 0.25) is 0 Å². The van der Waals surface area contributed by atoms with Crippen LogP contribution in [-0.4, -0.2) is 23.7 Å². The third kappa shape index (κ3) is 2.62. The molecule has 0 spiro atoms. The molecule has 4 rings (SSSR count). The molecule has 1 atom stereocenters. The molecular formula is C20H12FN5O. The van der Waals surface area contributed by atoms with Gasteiger partial charge in [0.1, 0.15) is 18.4 Å². The fourth-order valence-corrected chi connectivity index (χ4v) is 3.21. The van der Waals surface area contributed by atoms with Crippen LogP contribution in [0.2, 0.25) is 0 Å². The number of nitriles is 1. The molecule has 1 aliphatic rings. The maximum Gasteiger partial charge on any atom is 0.335 e. The summed E-state index contributed by atoms with van der Waals surface area (Å²) in [5.41, 5.74) is 0.749. The highest BCUT2D eigenvalue weighted by atomic mass is 19.1. The van der Waals surface area contributed by atoms with E-state index in [0.717, 1.165) is 16.8 Å². The summed E-state index contributed by atoms with van der Waals surface area (Å²) in [5, 5.41) is 10.5. The molecule has 1 unspecified atom stereocenters. The van der Waals surface area contributed by atoms with Crippen LogP contribution >= 0.6 is 0 Å². The van der Waals surface area contributed by atoms with Crippen LogP contribution in [0.3, 0.4) is 0 Å². The summed E-state index contributed by atoms with van der Waals surface area (Å²) < 4.78 is 14.0. The number of pyridine rings is 1. The Balaban J connectivity index is 1.79. The van der Waals surface area contributed by atoms with Crippen molar-refractivity contribution in [2.75, 3.05) is 16.3 Å². The molecule has 0 saturated carbocycles. The first-order valence-corrected chi connectivity index (χ1v) is 8.13. The fraction of sp³-hybridized carbons (Fsp3) is 0.100. The smallest absolute Gasteiger partial charge is 0.287 e. The normalized spacial score (nSPS) is 16.4. The van der Waals surface area contributed by atoms with E-state index in [1.807, 2.05) is 24.3 Å². The number of carbonyl (C=O) groups is 1. The van der Waals surface area contributed by atoms with E-state index in [0.29, 0.717) is 11.4 Å². The molecule has 6 nitrogen and oxygen atoms in total. The van der Waals surface area contributed by atoms with Crippen molar-refractivity contribution in [1.29, 1.82) is 5.26 Å². The van der Waals surface area contributed by atoms with Crippen molar-refractivity contribution in [1.82, 2.24) is 4.98 Å². The van der Waals surface area contributed by atoms with Gasteiger partial charge in [-0.15, -0.1) is 0 Å². The van der Waals surface area contributed by atoms with Crippen molar-refractivity contribution < 1.29 is 9.18 Å². The van der Waals surface area contributed by atoms with Gasteiger partial charge in [-0.25, -0.2) is 20.7 Å². The van der Waals surface area contributed by atoms with E-state index in [1.54, 1.807) is 18.5 Å². The summed E-state index contributed by atoms with van der Waals surface area (Å²) in [6.45, 7) is 7.60. The summed E-state index contributed by atoms with van der Waals surface area (Å²) in [6.07, 6.45) is 2.49. The number of halogens is 1. The van der Waals surface area contributed by atoms with Crippen LogP contribution in [0, 0.1) is 23.7 Å². The van der Waals surface area contributed by atoms with Gasteiger partial charge in [0, 0.05) is 22.7 Å². The van der Waals surface area contributed by atoms with Crippen LogP contribution < -0.4 is 9.80 Å². The van der Waals surface area contributed by atoms with E-state index in [9.17, 15) is 9.18 Å². The van der Waals surface area contributed by atoms with Crippen LogP contribution in [0.5, 0.6) is 0 Å². The van der Waals surface area contributed by atoms with Gasteiger partial charge in [-0.3, -0.25) is 14.7 Å². The third-order valence-electron chi connectivity index (χ3n) is 4.52. The van der Waals surface area contributed by atoms with E-state index in [1.165, 1.54) is 21.9 Å². The van der Waals surface area contributed by atoms with Crippen molar-refractivity contribution in [2.45, 2.75) is 6.17 Å². The summed E-state index contributed by atoms with van der Waals surface area (Å²) >= 11 is 0. The molecule has 1 saturated heterocycles. The van der Waals surface area contributed by atoms with Crippen molar-refractivity contribution in [3.63, 3.8) is 0 Å². The topological polar surface area (TPSA) is 64.6 Å². The Hall–Kier alpha value is -3.97. The van der Waals surface area contributed by atoms with Crippen LogP contribution in [0.1, 0.15) is 5.56 Å². The molecule has 3 aromatic rings. The highest BCUT2D eigenvalue weighted by Crippen LogP contribution is 2.34. The quantitative estimate of drug-likeness (QED) is 0.653. The van der Waals surface area contributed by atoms with Crippen molar-refractivity contribution >= 4 is 28.2 Å². The number of carbonyl (C=O) groups excluding carboxylic acids is 1. The summed E-state index contributed by atoms with van der Waals surface area (Å²) in [6, 6.07) is 12.8. The van der Waals surface area contributed by atoms with Crippen molar-refractivity contribution in [2.24, 2.45) is 0 Å². The number of fused-ring (bicyclic) bond motifs is 1. The van der Waals surface area contributed by atoms with Crippen LogP contribution in [0.25, 0.3) is 15.6 Å². The van der Waals surface area contributed by atoms with Gasteiger partial charge in [-0.1, -0.05) is 24.3 Å². The van der Waals surface area contributed by atoms with E-state index < -0.39 is 18.0 Å². The van der Waals surface area contributed by atoms with Gasteiger partial charge >= 0.3 is 12.2 Å². The van der Waals surface area contributed by atoms with E-state index in [2.05, 4.69) is 9.83 Å². The molecule has 130 valence electrons. The Bertz CT molecular complexity index is 1140. The lowest BCUT2D eigenvalue weighted by Gasteiger charge is -2.19. The molecule has 2 heterocycles. The first kappa shape index (κ1) is 16.5. The first-order chi connectivity index (χ1) is 13.1. The second-order valence-corrected chi connectivity index (χ2v) is 6.03. The molecule has 0 radical (unpaired) electrons. The molecular weight excluding hydrogens is 345 g/mol. The second kappa shape index (κ2) is 6.40. The highest BCUT2D eigenvalue weighted by Gasteiger charge is 2.44. The molecule has 2 amide bonds. The molecule has 27 heavy (non-hydrogen) atoms. The van der Waals surface area contributed by atoms with Gasteiger partial charge in [0.05, 0.1) is 17.4 Å². The minimum absolute atomic E-state index is 0.0941. The number of benzene rings is 2. The maximum atomic E-state index is 14.0. The minimum atomic E-state index is -0.760. The van der Waals surface area contributed by atoms with E-state index >= 15 is 0 Å². The Labute approximate surface area is 154 Å². The standard InChI is InChI=1S/C20H12FN5O/c1-23-19-12-25(15-7-6-13(9-22)17(21)8-15)20(27)26(19)18-11-24-10-14-4-2-3-5-16(14)18/h2-8,10-11,19H,12H2. The number of nitrogens with zero attached hydrogens (tertiary/aromatic N) is 5. The predicted molar refractivity (Wildman–Crippen MR) is 98.5 cm³/mol. The fourth-order valence-electron chi connectivity index (χ4n) is 3.21. The number of aromatic nitrogens is 1. The maximum absolute atomic E-state index is 14.0. The number of hydrogen-bond donors (Lipinski definition) is 0. The molecule has 1 aromatic heterocycles. The lowest BCUT2D eigenvalue weighted by atomic mass is 10.1. The van der Waals surface area contributed by atoms with E-state index in [4.69, 9.17) is 11.8 Å². The molecule has 0 bridgehead atoms. The average molecular weight is 357 g/mol. The zero-order chi connectivity index (χ0) is 19.0. The Morgan fingerprint density at radius 1 is 1.26 bits per heavy atom. The molecule has 2 aromatic carbocycles. The zero-order valence-corrected chi connectivity index (χ0v) is 14.0. The predicted octanol–water partition coefficient (Wildman–Crippen LogP) is 3.94. The van der Waals surface area contributed by atoms with Crippen LogP contribution in [0.15, 0.2) is 54.9 Å².